The first-order valence-corrected chi connectivity index (χ1v) is 7.16. The summed E-state index contributed by atoms with van der Waals surface area (Å²) in [6, 6.07) is 9.78. The van der Waals surface area contributed by atoms with E-state index in [2.05, 4.69) is 4.74 Å². The number of aromatic nitrogens is 1. The maximum Gasteiger partial charge on any atom is 0.341 e. The predicted octanol–water partition coefficient (Wildman–Crippen LogP) is 1.79. The van der Waals surface area contributed by atoms with E-state index in [1.54, 1.807) is 37.4 Å². The Morgan fingerprint density at radius 1 is 1.08 bits per heavy atom. The zero-order valence-corrected chi connectivity index (χ0v) is 13.3. The lowest BCUT2D eigenvalue weighted by molar-refractivity contribution is -0.140. The molecule has 7 heteroatoms. The molecule has 1 aromatic heterocycles. The Hall–Kier alpha value is -3.09. The summed E-state index contributed by atoms with van der Waals surface area (Å²) in [6.45, 7) is 0.0218. The highest BCUT2D eigenvalue weighted by molar-refractivity contribution is 5.87. The molecule has 2 aromatic rings. The molecule has 0 atom stereocenters. The highest BCUT2D eigenvalue weighted by atomic mass is 16.5. The SMILES string of the molecule is COC(=O)CCn1c(-c2ccc(OC)cc2)ccc(C(=O)O)c1=O. The molecule has 0 saturated carbocycles. The van der Waals surface area contributed by atoms with Crippen LogP contribution in [0.5, 0.6) is 5.75 Å². The van der Waals surface area contributed by atoms with Gasteiger partial charge in [0.05, 0.1) is 26.3 Å². The number of ether oxygens (including phenoxy) is 2. The second-order valence-corrected chi connectivity index (χ2v) is 4.95. The van der Waals surface area contributed by atoms with Gasteiger partial charge in [-0.15, -0.1) is 0 Å². The Bertz CT molecular complexity index is 807. The largest absolute Gasteiger partial charge is 0.497 e. The Morgan fingerprint density at radius 3 is 2.29 bits per heavy atom. The summed E-state index contributed by atoms with van der Waals surface area (Å²) >= 11 is 0. The van der Waals surface area contributed by atoms with Crippen molar-refractivity contribution >= 4 is 11.9 Å². The average molecular weight is 331 g/mol. The molecule has 1 heterocycles. The fourth-order valence-electron chi connectivity index (χ4n) is 2.28. The number of hydrogen-bond acceptors (Lipinski definition) is 5. The lowest BCUT2D eigenvalue weighted by Gasteiger charge is -2.14. The van der Waals surface area contributed by atoms with E-state index >= 15 is 0 Å². The molecule has 0 aliphatic heterocycles. The van der Waals surface area contributed by atoms with Gasteiger partial charge in [-0.3, -0.25) is 9.59 Å². The Morgan fingerprint density at radius 2 is 1.75 bits per heavy atom. The van der Waals surface area contributed by atoms with E-state index in [0.717, 1.165) is 0 Å². The summed E-state index contributed by atoms with van der Waals surface area (Å²) in [5, 5.41) is 9.12. The molecule has 0 bridgehead atoms. The van der Waals surface area contributed by atoms with Crippen molar-refractivity contribution in [2.24, 2.45) is 0 Å². The van der Waals surface area contributed by atoms with Gasteiger partial charge >= 0.3 is 11.9 Å². The van der Waals surface area contributed by atoms with Crippen molar-refractivity contribution in [3.05, 3.63) is 52.3 Å². The zero-order chi connectivity index (χ0) is 17.7. The fraction of sp³-hybridized carbons (Fsp3) is 0.235. The van der Waals surface area contributed by atoms with Crippen LogP contribution in [-0.2, 0) is 16.1 Å². The van der Waals surface area contributed by atoms with Crippen LogP contribution in [-0.4, -0.2) is 35.8 Å². The van der Waals surface area contributed by atoms with Gasteiger partial charge in [-0.05, 0) is 42.0 Å². The van der Waals surface area contributed by atoms with Crippen LogP contribution in [0.3, 0.4) is 0 Å². The predicted molar refractivity (Wildman–Crippen MR) is 86.3 cm³/mol. The second-order valence-electron chi connectivity index (χ2n) is 4.95. The topological polar surface area (TPSA) is 94.8 Å². The molecule has 0 saturated heterocycles. The third-order valence-corrected chi connectivity index (χ3v) is 3.56. The first-order valence-electron chi connectivity index (χ1n) is 7.16. The number of nitrogens with zero attached hydrogens (tertiary/aromatic N) is 1. The molecule has 0 unspecified atom stereocenters. The molecule has 24 heavy (non-hydrogen) atoms. The minimum atomic E-state index is -1.31. The fourth-order valence-corrected chi connectivity index (χ4v) is 2.28. The van der Waals surface area contributed by atoms with E-state index in [1.807, 2.05) is 0 Å². The average Bonchev–Trinajstić information content (AvgIpc) is 2.59. The molecular weight excluding hydrogens is 314 g/mol. The molecule has 1 aromatic carbocycles. The Balaban J connectivity index is 2.52. The quantitative estimate of drug-likeness (QED) is 0.811. The number of carbonyl (C=O) groups is 2. The maximum atomic E-state index is 12.4. The van der Waals surface area contributed by atoms with Gasteiger partial charge in [-0.25, -0.2) is 4.79 Å². The van der Waals surface area contributed by atoms with E-state index < -0.39 is 17.5 Å². The number of aromatic carboxylic acids is 1. The first kappa shape index (κ1) is 17.3. The third kappa shape index (κ3) is 3.62. The summed E-state index contributed by atoms with van der Waals surface area (Å²) < 4.78 is 10.9. The molecule has 126 valence electrons. The van der Waals surface area contributed by atoms with Crippen LogP contribution in [0, 0.1) is 0 Å². The van der Waals surface area contributed by atoms with Gasteiger partial charge in [0.1, 0.15) is 11.3 Å². The van der Waals surface area contributed by atoms with Gasteiger partial charge in [-0.1, -0.05) is 0 Å². The molecule has 0 radical (unpaired) electrons. The summed E-state index contributed by atoms with van der Waals surface area (Å²) in [4.78, 5) is 35.0. The van der Waals surface area contributed by atoms with Crippen molar-refractivity contribution in [2.75, 3.05) is 14.2 Å². The number of carboxylic acid groups (broad SMARTS) is 1. The number of esters is 1. The number of pyridine rings is 1. The lowest BCUT2D eigenvalue weighted by atomic mass is 10.1. The molecule has 0 fully saturated rings. The number of carbonyl (C=O) groups excluding carboxylic acids is 1. The molecule has 2 rings (SSSR count). The van der Waals surface area contributed by atoms with E-state index in [0.29, 0.717) is 17.0 Å². The Kier molecular flexibility index (Phi) is 5.36. The number of benzene rings is 1. The van der Waals surface area contributed by atoms with Crippen LogP contribution in [0.2, 0.25) is 0 Å². The van der Waals surface area contributed by atoms with Crippen molar-refractivity contribution in [3.63, 3.8) is 0 Å². The monoisotopic (exact) mass is 331 g/mol. The molecule has 1 N–H and O–H groups in total. The van der Waals surface area contributed by atoms with Gasteiger partial charge in [-0.2, -0.15) is 0 Å². The number of hydrogen-bond donors (Lipinski definition) is 1. The van der Waals surface area contributed by atoms with Gasteiger partial charge in [0.15, 0.2) is 0 Å². The van der Waals surface area contributed by atoms with Crippen LogP contribution < -0.4 is 10.3 Å². The van der Waals surface area contributed by atoms with Crippen LogP contribution in [0.4, 0.5) is 0 Å². The Labute approximate surface area is 138 Å². The lowest BCUT2D eigenvalue weighted by Crippen LogP contribution is -2.28. The summed E-state index contributed by atoms with van der Waals surface area (Å²) in [6.07, 6.45) is -0.0391. The van der Waals surface area contributed by atoms with Gasteiger partial charge in [0.25, 0.3) is 5.56 Å². The van der Waals surface area contributed by atoms with Crippen molar-refractivity contribution in [2.45, 2.75) is 13.0 Å². The summed E-state index contributed by atoms with van der Waals surface area (Å²) in [5.74, 6) is -1.14. The van der Waals surface area contributed by atoms with Gasteiger partial charge in [0, 0.05) is 6.54 Å². The van der Waals surface area contributed by atoms with E-state index in [9.17, 15) is 14.4 Å². The number of rotatable bonds is 6. The molecule has 0 spiro atoms. The van der Waals surface area contributed by atoms with Crippen LogP contribution in [0.25, 0.3) is 11.3 Å². The van der Waals surface area contributed by atoms with Crippen LogP contribution >= 0.6 is 0 Å². The molecular formula is C17H17NO6. The number of carboxylic acids is 1. The molecule has 0 amide bonds. The van der Waals surface area contributed by atoms with Crippen molar-refractivity contribution in [1.29, 1.82) is 0 Å². The summed E-state index contributed by atoms with van der Waals surface area (Å²) in [7, 11) is 2.80. The maximum absolute atomic E-state index is 12.4. The van der Waals surface area contributed by atoms with Crippen molar-refractivity contribution in [3.8, 4) is 17.0 Å². The third-order valence-electron chi connectivity index (χ3n) is 3.56. The highest BCUT2D eigenvalue weighted by Crippen LogP contribution is 2.22. The van der Waals surface area contributed by atoms with Crippen molar-refractivity contribution < 1.29 is 24.2 Å². The zero-order valence-electron chi connectivity index (χ0n) is 13.3. The normalized spacial score (nSPS) is 10.2. The van der Waals surface area contributed by atoms with E-state index in [4.69, 9.17) is 9.84 Å². The number of methoxy groups -OCH3 is 2. The second kappa shape index (κ2) is 7.45. The smallest absolute Gasteiger partial charge is 0.341 e. The van der Waals surface area contributed by atoms with Crippen molar-refractivity contribution in [1.82, 2.24) is 4.57 Å². The van der Waals surface area contributed by atoms with Gasteiger partial charge in [0.2, 0.25) is 0 Å². The minimum Gasteiger partial charge on any atom is -0.497 e. The van der Waals surface area contributed by atoms with E-state index in [1.165, 1.54) is 17.7 Å². The van der Waals surface area contributed by atoms with Crippen LogP contribution in [0.15, 0.2) is 41.2 Å². The standard InChI is InChI=1S/C17H17NO6/c1-23-12-5-3-11(4-6-12)14-8-7-13(17(21)22)16(20)18(14)10-9-15(19)24-2/h3-8H,9-10H2,1-2H3,(H,21,22). The molecule has 0 aliphatic rings. The van der Waals surface area contributed by atoms with E-state index in [-0.39, 0.29) is 18.5 Å². The minimum absolute atomic E-state index is 0.0218. The molecule has 0 aliphatic carbocycles. The van der Waals surface area contributed by atoms with Gasteiger partial charge < -0.3 is 19.1 Å². The first-order chi connectivity index (χ1) is 11.5. The summed E-state index contributed by atoms with van der Waals surface area (Å²) in [5.41, 5.74) is 0.197. The van der Waals surface area contributed by atoms with Crippen LogP contribution in [0.1, 0.15) is 16.8 Å². The highest BCUT2D eigenvalue weighted by Gasteiger charge is 2.16. The molecule has 7 nitrogen and oxygen atoms in total.